The van der Waals surface area contributed by atoms with Crippen LogP contribution in [0.3, 0.4) is 0 Å². The Labute approximate surface area is 109 Å². The maximum Gasteiger partial charge on any atom is 0.314 e. The largest absolute Gasteiger partial charge is 0.381 e. The first-order valence-corrected chi connectivity index (χ1v) is 7.17. The number of carbonyl (C=O) groups excluding carboxylic acids is 1. The molecule has 0 aliphatic carbocycles. The van der Waals surface area contributed by atoms with E-state index in [1.165, 1.54) is 19.3 Å². The van der Waals surface area contributed by atoms with Gasteiger partial charge in [-0.2, -0.15) is 0 Å². The molecule has 5 nitrogen and oxygen atoms in total. The highest BCUT2D eigenvalue weighted by Crippen LogP contribution is 2.13. The summed E-state index contributed by atoms with van der Waals surface area (Å²) in [5.74, 6) is 0.581. The molecule has 0 aromatic carbocycles. The smallest absolute Gasteiger partial charge is 0.314 e. The summed E-state index contributed by atoms with van der Waals surface area (Å²) < 4.78 is 5.30. The van der Waals surface area contributed by atoms with E-state index in [-0.39, 0.29) is 6.03 Å². The van der Waals surface area contributed by atoms with Gasteiger partial charge < -0.3 is 20.7 Å². The molecule has 1 unspecified atom stereocenters. The number of amides is 2. The summed E-state index contributed by atoms with van der Waals surface area (Å²) >= 11 is 0. The molecule has 104 valence electrons. The van der Waals surface area contributed by atoms with Crippen LogP contribution in [0.4, 0.5) is 4.79 Å². The molecule has 5 heteroatoms. The van der Waals surface area contributed by atoms with Crippen molar-refractivity contribution in [3.8, 4) is 0 Å². The molecule has 2 saturated heterocycles. The molecular weight excluding hydrogens is 230 g/mol. The van der Waals surface area contributed by atoms with Gasteiger partial charge in [0, 0.05) is 32.3 Å². The van der Waals surface area contributed by atoms with E-state index in [9.17, 15) is 4.79 Å². The first-order chi connectivity index (χ1) is 8.84. The third-order valence-electron chi connectivity index (χ3n) is 3.81. The molecule has 2 heterocycles. The van der Waals surface area contributed by atoms with Crippen LogP contribution in [-0.4, -0.2) is 44.9 Å². The molecule has 0 saturated carbocycles. The molecule has 0 aromatic rings. The summed E-state index contributed by atoms with van der Waals surface area (Å²) in [5, 5.41) is 9.33. The Balaban J connectivity index is 1.54. The molecule has 0 spiro atoms. The third-order valence-corrected chi connectivity index (χ3v) is 3.81. The second kappa shape index (κ2) is 7.59. The highest BCUT2D eigenvalue weighted by Gasteiger charge is 2.16. The van der Waals surface area contributed by atoms with Crippen LogP contribution >= 0.6 is 0 Å². The predicted octanol–water partition coefficient (Wildman–Crippen LogP) is 0.854. The Morgan fingerprint density at radius 3 is 2.61 bits per heavy atom. The monoisotopic (exact) mass is 255 g/mol. The van der Waals surface area contributed by atoms with Crippen LogP contribution in [0.15, 0.2) is 0 Å². The van der Waals surface area contributed by atoms with Crippen molar-refractivity contribution in [2.24, 2.45) is 5.92 Å². The molecular formula is C13H25N3O2. The van der Waals surface area contributed by atoms with Crippen molar-refractivity contribution in [1.29, 1.82) is 0 Å². The van der Waals surface area contributed by atoms with Crippen LogP contribution in [0.2, 0.25) is 0 Å². The fourth-order valence-corrected chi connectivity index (χ4v) is 2.56. The normalized spacial score (nSPS) is 25.7. The van der Waals surface area contributed by atoms with E-state index in [2.05, 4.69) is 16.0 Å². The zero-order valence-corrected chi connectivity index (χ0v) is 11.0. The van der Waals surface area contributed by atoms with Crippen molar-refractivity contribution in [3.05, 3.63) is 0 Å². The summed E-state index contributed by atoms with van der Waals surface area (Å²) in [7, 11) is 0. The van der Waals surface area contributed by atoms with Gasteiger partial charge in [0.05, 0.1) is 0 Å². The fraction of sp³-hybridized carbons (Fsp3) is 0.923. The van der Waals surface area contributed by atoms with Gasteiger partial charge in [0.25, 0.3) is 0 Å². The summed E-state index contributed by atoms with van der Waals surface area (Å²) in [5.41, 5.74) is 0. The van der Waals surface area contributed by atoms with Gasteiger partial charge >= 0.3 is 6.03 Å². The Morgan fingerprint density at radius 1 is 1.11 bits per heavy atom. The number of urea groups is 1. The molecule has 2 aliphatic rings. The van der Waals surface area contributed by atoms with Crippen LogP contribution < -0.4 is 16.0 Å². The van der Waals surface area contributed by atoms with E-state index in [1.807, 2.05) is 0 Å². The Hall–Kier alpha value is -0.810. The predicted molar refractivity (Wildman–Crippen MR) is 70.6 cm³/mol. The van der Waals surface area contributed by atoms with Crippen molar-refractivity contribution >= 4 is 6.03 Å². The van der Waals surface area contributed by atoms with Crippen LogP contribution in [0.5, 0.6) is 0 Å². The highest BCUT2D eigenvalue weighted by molar-refractivity contribution is 5.73. The minimum atomic E-state index is -0.0335. The van der Waals surface area contributed by atoms with Gasteiger partial charge in [-0.05, 0) is 38.1 Å². The number of hydrogen-bond donors (Lipinski definition) is 3. The molecule has 3 N–H and O–H groups in total. The number of carbonyl (C=O) groups is 1. The van der Waals surface area contributed by atoms with Gasteiger partial charge in [-0.1, -0.05) is 6.42 Å². The van der Waals surface area contributed by atoms with Gasteiger partial charge in [0.1, 0.15) is 0 Å². The summed E-state index contributed by atoms with van der Waals surface area (Å²) in [6, 6.07) is 0.418. The minimum Gasteiger partial charge on any atom is -0.381 e. The van der Waals surface area contributed by atoms with Gasteiger partial charge in [-0.15, -0.1) is 0 Å². The first kappa shape index (κ1) is 13.6. The maximum absolute atomic E-state index is 11.6. The maximum atomic E-state index is 11.6. The van der Waals surface area contributed by atoms with Crippen molar-refractivity contribution in [3.63, 3.8) is 0 Å². The van der Waals surface area contributed by atoms with Gasteiger partial charge in [-0.3, -0.25) is 0 Å². The Morgan fingerprint density at radius 2 is 1.89 bits per heavy atom. The lowest BCUT2D eigenvalue weighted by atomic mass is 10.0. The molecule has 1 atom stereocenters. The van der Waals surface area contributed by atoms with Crippen LogP contribution in [-0.2, 0) is 4.74 Å². The second-order valence-electron chi connectivity index (χ2n) is 5.29. The number of nitrogens with one attached hydrogen (secondary N) is 3. The average molecular weight is 255 g/mol. The van der Waals surface area contributed by atoms with E-state index in [4.69, 9.17) is 4.74 Å². The molecule has 2 aliphatic heterocycles. The third kappa shape index (κ3) is 4.82. The van der Waals surface area contributed by atoms with Crippen molar-refractivity contribution in [2.75, 3.05) is 32.8 Å². The van der Waals surface area contributed by atoms with Gasteiger partial charge in [-0.25, -0.2) is 4.79 Å². The number of rotatable bonds is 4. The molecule has 2 amide bonds. The van der Waals surface area contributed by atoms with E-state index < -0.39 is 0 Å². The van der Waals surface area contributed by atoms with Crippen molar-refractivity contribution in [1.82, 2.24) is 16.0 Å². The van der Waals surface area contributed by atoms with E-state index >= 15 is 0 Å². The first-order valence-electron chi connectivity index (χ1n) is 7.17. The zero-order valence-electron chi connectivity index (χ0n) is 11.0. The van der Waals surface area contributed by atoms with Gasteiger partial charge in [0.2, 0.25) is 0 Å². The number of ether oxygens (including phenoxy) is 1. The molecule has 2 fully saturated rings. The lowest BCUT2D eigenvalue weighted by Gasteiger charge is -2.24. The fourth-order valence-electron chi connectivity index (χ4n) is 2.56. The lowest BCUT2D eigenvalue weighted by molar-refractivity contribution is 0.0669. The van der Waals surface area contributed by atoms with E-state index in [0.717, 1.165) is 45.7 Å². The highest BCUT2D eigenvalue weighted by atomic mass is 16.5. The molecule has 0 bridgehead atoms. The molecule has 0 radical (unpaired) electrons. The zero-order chi connectivity index (χ0) is 12.6. The van der Waals surface area contributed by atoms with E-state index in [1.54, 1.807) is 0 Å². The number of piperidine rings is 1. The Kier molecular flexibility index (Phi) is 5.74. The standard InChI is InChI=1S/C13H25N3O2/c17-13(15-9-11-4-7-18-8-5-11)16-10-12-3-1-2-6-14-12/h11-12,14H,1-10H2,(H2,15,16,17). The minimum absolute atomic E-state index is 0.0335. The molecule has 0 aromatic heterocycles. The van der Waals surface area contributed by atoms with Crippen LogP contribution in [0, 0.1) is 5.92 Å². The SMILES string of the molecule is O=C(NCC1CCOCC1)NCC1CCCCN1. The summed E-state index contributed by atoms with van der Waals surface area (Å²) in [4.78, 5) is 11.6. The summed E-state index contributed by atoms with van der Waals surface area (Å²) in [6.07, 6.45) is 5.81. The van der Waals surface area contributed by atoms with Crippen LogP contribution in [0.25, 0.3) is 0 Å². The number of hydrogen-bond acceptors (Lipinski definition) is 3. The topological polar surface area (TPSA) is 62.4 Å². The molecule has 2 rings (SSSR count). The van der Waals surface area contributed by atoms with E-state index in [0.29, 0.717) is 12.0 Å². The quantitative estimate of drug-likeness (QED) is 0.698. The van der Waals surface area contributed by atoms with Crippen LogP contribution in [0.1, 0.15) is 32.1 Å². The molecule has 18 heavy (non-hydrogen) atoms. The lowest BCUT2D eigenvalue weighted by Crippen LogP contribution is -2.47. The Bertz CT molecular complexity index is 225. The summed E-state index contributed by atoms with van der Waals surface area (Å²) in [6.45, 7) is 4.25. The van der Waals surface area contributed by atoms with Crippen molar-refractivity contribution in [2.45, 2.75) is 38.1 Å². The van der Waals surface area contributed by atoms with Crippen molar-refractivity contribution < 1.29 is 9.53 Å². The second-order valence-corrected chi connectivity index (χ2v) is 5.29. The average Bonchev–Trinajstić information content (AvgIpc) is 2.45. The van der Waals surface area contributed by atoms with Gasteiger partial charge in [0.15, 0.2) is 0 Å².